The van der Waals surface area contributed by atoms with Crippen LogP contribution in [0.4, 0.5) is 0 Å². The Morgan fingerprint density at radius 2 is 2.31 bits per heavy atom. The van der Waals surface area contributed by atoms with Crippen LogP contribution in [0.1, 0.15) is 29.4 Å². The largest absolute Gasteiger partial charge is 0.316 e. The van der Waals surface area contributed by atoms with E-state index < -0.39 is 0 Å². The van der Waals surface area contributed by atoms with Gasteiger partial charge >= 0.3 is 0 Å². The Labute approximate surface area is 94.7 Å². The maximum absolute atomic E-state index is 4.74. The molecule has 0 aliphatic carbocycles. The lowest BCUT2D eigenvalue weighted by Crippen LogP contribution is -2.08. The van der Waals surface area contributed by atoms with E-state index in [2.05, 4.69) is 21.6 Å². The Hall–Kier alpha value is -1.42. The molecule has 1 atom stereocenters. The van der Waals surface area contributed by atoms with Crippen LogP contribution in [-0.4, -0.2) is 27.5 Å². The Bertz CT molecular complexity index is 523. The van der Waals surface area contributed by atoms with Gasteiger partial charge in [0.05, 0.1) is 5.69 Å². The first-order valence-corrected chi connectivity index (χ1v) is 5.77. The number of nitrogens with zero attached hydrogens (tertiary/aromatic N) is 3. The summed E-state index contributed by atoms with van der Waals surface area (Å²) in [7, 11) is 0. The molecule has 1 fully saturated rings. The molecule has 3 rings (SSSR count). The van der Waals surface area contributed by atoms with E-state index in [1.54, 1.807) is 0 Å². The van der Waals surface area contributed by atoms with Gasteiger partial charge in [-0.3, -0.25) is 4.40 Å². The van der Waals surface area contributed by atoms with Crippen molar-refractivity contribution in [2.24, 2.45) is 0 Å². The lowest BCUT2D eigenvalue weighted by atomic mass is 10.0. The van der Waals surface area contributed by atoms with E-state index in [1.165, 1.54) is 17.8 Å². The average Bonchev–Trinajstić information content (AvgIpc) is 2.86. The number of hydrogen-bond donors (Lipinski definition) is 1. The molecule has 2 aromatic heterocycles. The second-order valence-electron chi connectivity index (χ2n) is 4.53. The summed E-state index contributed by atoms with van der Waals surface area (Å²) >= 11 is 0. The minimum atomic E-state index is 0.570. The van der Waals surface area contributed by atoms with Gasteiger partial charge < -0.3 is 5.32 Å². The molecule has 16 heavy (non-hydrogen) atoms. The normalized spacial score (nSPS) is 20.8. The van der Waals surface area contributed by atoms with Crippen molar-refractivity contribution in [2.75, 3.05) is 13.1 Å². The van der Waals surface area contributed by atoms with Crippen LogP contribution in [0.15, 0.2) is 12.4 Å². The summed E-state index contributed by atoms with van der Waals surface area (Å²) in [6.45, 7) is 6.29. The second kappa shape index (κ2) is 3.56. The van der Waals surface area contributed by atoms with Crippen molar-refractivity contribution in [1.82, 2.24) is 19.7 Å². The van der Waals surface area contributed by atoms with Gasteiger partial charge in [-0.2, -0.15) is 0 Å². The molecule has 1 aliphatic rings. The zero-order chi connectivity index (χ0) is 11.1. The van der Waals surface area contributed by atoms with Crippen LogP contribution in [0, 0.1) is 13.8 Å². The first-order chi connectivity index (χ1) is 7.75. The van der Waals surface area contributed by atoms with Crippen molar-refractivity contribution >= 4 is 5.65 Å². The van der Waals surface area contributed by atoms with Crippen LogP contribution in [0.25, 0.3) is 5.65 Å². The number of aromatic nitrogens is 3. The van der Waals surface area contributed by atoms with Gasteiger partial charge in [-0.25, -0.2) is 9.97 Å². The minimum absolute atomic E-state index is 0.570. The van der Waals surface area contributed by atoms with Gasteiger partial charge in [-0.05, 0) is 26.8 Å². The monoisotopic (exact) mass is 216 g/mol. The molecule has 1 unspecified atom stereocenters. The summed E-state index contributed by atoms with van der Waals surface area (Å²) in [5.74, 6) is 0.570. The van der Waals surface area contributed by atoms with E-state index in [9.17, 15) is 0 Å². The maximum atomic E-state index is 4.74. The number of rotatable bonds is 1. The Morgan fingerprint density at radius 3 is 3.06 bits per heavy atom. The fourth-order valence-electron chi connectivity index (χ4n) is 2.45. The number of imidazole rings is 1. The van der Waals surface area contributed by atoms with Crippen LogP contribution >= 0.6 is 0 Å². The molecule has 4 nitrogen and oxygen atoms in total. The van der Waals surface area contributed by atoms with E-state index in [1.807, 2.05) is 19.3 Å². The molecular formula is C12H16N4. The molecule has 1 aliphatic heterocycles. The highest BCUT2D eigenvalue weighted by atomic mass is 15.1. The Balaban J connectivity index is 2.14. The molecule has 1 saturated heterocycles. The second-order valence-corrected chi connectivity index (χ2v) is 4.53. The zero-order valence-corrected chi connectivity index (χ0v) is 9.70. The first kappa shape index (κ1) is 9.78. The van der Waals surface area contributed by atoms with Gasteiger partial charge in [0.2, 0.25) is 0 Å². The van der Waals surface area contributed by atoms with Crippen molar-refractivity contribution in [3.05, 3.63) is 29.5 Å². The lowest BCUT2D eigenvalue weighted by Gasteiger charge is -2.05. The van der Waals surface area contributed by atoms with Gasteiger partial charge in [-0.15, -0.1) is 0 Å². The molecule has 0 saturated carbocycles. The van der Waals surface area contributed by atoms with Crippen molar-refractivity contribution in [3.8, 4) is 0 Å². The van der Waals surface area contributed by atoms with Crippen molar-refractivity contribution < 1.29 is 0 Å². The Kier molecular flexibility index (Phi) is 2.17. The van der Waals surface area contributed by atoms with Gasteiger partial charge in [0.15, 0.2) is 0 Å². The third kappa shape index (κ3) is 1.41. The number of nitrogens with one attached hydrogen (secondary N) is 1. The summed E-state index contributed by atoms with van der Waals surface area (Å²) in [6.07, 6.45) is 3.07. The molecule has 4 heteroatoms. The standard InChI is InChI=1S/C12H16N4/c1-8-5-11-15-12(10-3-4-13-6-10)9(2)16(11)7-14-8/h5,7,10,13H,3-4,6H2,1-2H3. The van der Waals surface area contributed by atoms with E-state index in [0.29, 0.717) is 5.92 Å². The van der Waals surface area contributed by atoms with Crippen LogP contribution in [0.5, 0.6) is 0 Å². The molecular weight excluding hydrogens is 200 g/mol. The third-order valence-corrected chi connectivity index (χ3v) is 3.38. The number of hydrogen-bond acceptors (Lipinski definition) is 3. The fourth-order valence-corrected chi connectivity index (χ4v) is 2.45. The van der Waals surface area contributed by atoms with Crippen molar-refractivity contribution in [2.45, 2.75) is 26.2 Å². The van der Waals surface area contributed by atoms with Crippen LogP contribution in [0.2, 0.25) is 0 Å². The molecule has 0 bridgehead atoms. The molecule has 0 radical (unpaired) electrons. The van der Waals surface area contributed by atoms with E-state index in [-0.39, 0.29) is 0 Å². The summed E-state index contributed by atoms with van der Waals surface area (Å²) in [5, 5.41) is 3.39. The third-order valence-electron chi connectivity index (χ3n) is 3.38. The lowest BCUT2D eigenvalue weighted by molar-refractivity contribution is 0.733. The first-order valence-electron chi connectivity index (χ1n) is 5.77. The molecule has 2 aromatic rings. The predicted octanol–water partition coefficient (Wildman–Crippen LogP) is 1.42. The molecule has 1 N–H and O–H groups in total. The minimum Gasteiger partial charge on any atom is -0.316 e. The molecule has 3 heterocycles. The summed E-state index contributed by atoms with van der Waals surface area (Å²) in [5.41, 5.74) is 4.51. The van der Waals surface area contributed by atoms with Gasteiger partial charge in [-0.1, -0.05) is 0 Å². The average molecular weight is 216 g/mol. The van der Waals surface area contributed by atoms with Gasteiger partial charge in [0.25, 0.3) is 0 Å². The Morgan fingerprint density at radius 1 is 1.44 bits per heavy atom. The maximum Gasteiger partial charge on any atom is 0.140 e. The smallest absolute Gasteiger partial charge is 0.140 e. The summed E-state index contributed by atoms with van der Waals surface area (Å²) < 4.78 is 2.08. The van der Waals surface area contributed by atoms with Crippen LogP contribution < -0.4 is 5.32 Å². The van der Waals surface area contributed by atoms with Crippen LogP contribution in [0.3, 0.4) is 0 Å². The van der Waals surface area contributed by atoms with Gasteiger partial charge in [0, 0.05) is 29.9 Å². The molecule has 84 valence electrons. The van der Waals surface area contributed by atoms with Crippen molar-refractivity contribution in [3.63, 3.8) is 0 Å². The predicted molar refractivity (Wildman–Crippen MR) is 62.7 cm³/mol. The molecule has 0 amide bonds. The topological polar surface area (TPSA) is 42.2 Å². The highest BCUT2D eigenvalue weighted by molar-refractivity contribution is 5.44. The molecule has 0 aromatic carbocycles. The SMILES string of the molecule is Cc1cc2nc(C3CCNC3)c(C)n2cn1. The van der Waals surface area contributed by atoms with Crippen LogP contribution in [-0.2, 0) is 0 Å². The summed E-state index contributed by atoms with van der Waals surface area (Å²) in [4.78, 5) is 9.05. The quantitative estimate of drug-likeness (QED) is 0.784. The fraction of sp³-hybridized carbons (Fsp3) is 0.500. The van der Waals surface area contributed by atoms with E-state index >= 15 is 0 Å². The molecule has 0 spiro atoms. The highest BCUT2D eigenvalue weighted by Crippen LogP contribution is 2.25. The van der Waals surface area contributed by atoms with E-state index in [0.717, 1.165) is 24.4 Å². The van der Waals surface area contributed by atoms with Crippen molar-refractivity contribution in [1.29, 1.82) is 0 Å². The summed E-state index contributed by atoms with van der Waals surface area (Å²) in [6, 6.07) is 2.04. The number of fused-ring (bicyclic) bond motifs is 1. The highest BCUT2D eigenvalue weighted by Gasteiger charge is 2.22. The van der Waals surface area contributed by atoms with Gasteiger partial charge in [0.1, 0.15) is 12.0 Å². The zero-order valence-electron chi connectivity index (χ0n) is 9.70. The number of aryl methyl sites for hydroxylation is 2. The van der Waals surface area contributed by atoms with E-state index in [4.69, 9.17) is 4.98 Å².